The van der Waals surface area contributed by atoms with E-state index in [1.54, 1.807) is 25.1 Å². The second-order valence-corrected chi connectivity index (χ2v) is 8.32. The summed E-state index contributed by atoms with van der Waals surface area (Å²) in [4.78, 5) is 12.4. The summed E-state index contributed by atoms with van der Waals surface area (Å²) in [5.41, 5.74) is 0. The SMILES string of the molecule is CCN(CC(=O)NC[C@H]1CCCO1)S(=O)(=O)c1ccc2ccccc2c1. The molecule has 0 saturated carbocycles. The molecule has 3 rings (SSSR count). The van der Waals surface area contributed by atoms with E-state index in [4.69, 9.17) is 4.74 Å². The quantitative estimate of drug-likeness (QED) is 0.803. The summed E-state index contributed by atoms with van der Waals surface area (Å²) in [6.07, 6.45) is 1.96. The minimum atomic E-state index is -3.73. The van der Waals surface area contributed by atoms with Crippen molar-refractivity contribution in [1.82, 2.24) is 9.62 Å². The van der Waals surface area contributed by atoms with Crippen molar-refractivity contribution < 1.29 is 17.9 Å². The van der Waals surface area contributed by atoms with Gasteiger partial charge in [-0.3, -0.25) is 4.79 Å². The molecule has 1 heterocycles. The topological polar surface area (TPSA) is 75.7 Å². The molecule has 2 aromatic rings. The lowest BCUT2D eigenvalue weighted by Gasteiger charge is -2.21. The van der Waals surface area contributed by atoms with Crippen LogP contribution < -0.4 is 5.32 Å². The largest absolute Gasteiger partial charge is 0.376 e. The molecule has 1 aliphatic heterocycles. The molecule has 26 heavy (non-hydrogen) atoms. The zero-order chi connectivity index (χ0) is 18.6. The smallest absolute Gasteiger partial charge is 0.243 e. The number of rotatable bonds is 7. The van der Waals surface area contributed by atoms with Crippen LogP contribution in [0.5, 0.6) is 0 Å². The predicted molar refractivity (Wildman–Crippen MR) is 100 cm³/mol. The van der Waals surface area contributed by atoms with Crippen molar-refractivity contribution in [2.24, 2.45) is 0 Å². The van der Waals surface area contributed by atoms with Gasteiger partial charge in [-0.15, -0.1) is 0 Å². The number of carbonyl (C=O) groups excluding carboxylic acids is 1. The Morgan fingerprint density at radius 2 is 2.00 bits per heavy atom. The minimum Gasteiger partial charge on any atom is -0.376 e. The molecule has 0 spiro atoms. The maximum atomic E-state index is 12.9. The third kappa shape index (κ3) is 4.23. The molecule has 0 radical (unpaired) electrons. The second-order valence-electron chi connectivity index (χ2n) is 6.38. The molecule has 1 saturated heterocycles. The molecule has 2 aromatic carbocycles. The highest BCUT2D eigenvalue weighted by Gasteiger charge is 2.26. The van der Waals surface area contributed by atoms with Crippen LogP contribution in [-0.2, 0) is 19.6 Å². The van der Waals surface area contributed by atoms with Crippen LogP contribution in [0.1, 0.15) is 19.8 Å². The summed E-state index contributed by atoms with van der Waals surface area (Å²) in [5, 5.41) is 4.60. The Balaban J connectivity index is 1.71. The first-order chi connectivity index (χ1) is 12.5. The Morgan fingerprint density at radius 1 is 1.23 bits per heavy atom. The van der Waals surface area contributed by atoms with Crippen LogP contribution in [-0.4, -0.2) is 51.0 Å². The summed E-state index contributed by atoms with van der Waals surface area (Å²) < 4.78 is 32.5. The van der Waals surface area contributed by atoms with Crippen molar-refractivity contribution in [2.45, 2.75) is 30.8 Å². The van der Waals surface area contributed by atoms with Crippen molar-refractivity contribution in [3.8, 4) is 0 Å². The van der Waals surface area contributed by atoms with E-state index in [1.165, 1.54) is 4.31 Å². The summed E-state index contributed by atoms with van der Waals surface area (Å²) in [7, 11) is -3.73. The third-order valence-corrected chi connectivity index (χ3v) is 6.50. The van der Waals surface area contributed by atoms with E-state index >= 15 is 0 Å². The Kier molecular flexibility index (Phi) is 5.90. The minimum absolute atomic E-state index is 0.0334. The van der Waals surface area contributed by atoms with Crippen LogP contribution in [0.4, 0.5) is 0 Å². The lowest BCUT2D eigenvalue weighted by Crippen LogP contribution is -2.42. The average Bonchev–Trinajstić information content (AvgIpc) is 3.17. The molecule has 1 N–H and O–H groups in total. The summed E-state index contributed by atoms with van der Waals surface area (Å²) in [5.74, 6) is -0.313. The molecule has 0 aliphatic carbocycles. The Morgan fingerprint density at radius 3 is 2.69 bits per heavy atom. The Hall–Kier alpha value is -1.96. The normalized spacial score (nSPS) is 17.7. The van der Waals surface area contributed by atoms with Crippen LogP contribution in [0, 0.1) is 0 Å². The number of benzene rings is 2. The fourth-order valence-corrected chi connectivity index (χ4v) is 4.53. The number of amides is 1. The highest BCUT2D eigenvalue weighted by atomic mass is 32.2. The van der Waals surface area contributed by atoms with E-state index in [2.05, 4.69) is 5.32 Å². The van der Waals surface area contributed by atoms with Crippen molar-refractivity contribution in [3.63, 3.8) is 0 Å². The fraction of sp³-hybridized carbons (Fsp3) is 0.421. The van der Waals surface area contributed by atoms with Gasteiger partial charge in [0.1, 0.15) is 0 Å². The van der Waals surface area contributed by atoms with E-state index in [1.807, 2.05) is 24.3 Å². The molecule has 7 heteroatoms. The monoisotopic (exact) mass is 376 g/mol. The van der Waals surface area contributed by atoms with Gasteiger partial charge < -0.3 is 10.1 Å². The van der Waals surface area contributed by atoms with Crippen LogP contribution in [0.25, 0.3) is 10.8 Å². The lowest BCUT2D eigenvalue weighted by atomic mass is 10.1. The Bertz CT molecular complexity index is 876. The first-order valence-electron chi connectivity index (χ1n) is 8.88. The predicted octanol–water partition coefficient (Wildman–Crippen LogP) is 2.15. The number of fused-ring (bicyclic) bond motifs is 1. The van der Waals surface area contributed by atoms with Crippen LogP contribution in [0.3, 0.4) is 0 Å². The van der Waals surface area contributed by atoms with Gasteiger partial charge in [-0.05, 0) is 35.7 Å². The standard InChI is InChI=1S/C19H24N2O4S/c1-2-21(14-19(22)20-13-17-8-5-11-25-17)26(23,24)18-10-9-15-6-3-4-7-16(15)12-18/h3-4,6-7,9-10,12,17H,2,5,8,11,13-14H2,1H3,(H,20,22)/t17-/m1/s1. The van der Waals surface area contributed by atoms with Crippen molar-refractivity contribution >= 4 is 26.7 Å². The summed E-state index contributed by atoms with van der Waals surface area (Å²) in [6.45, 7) is 2.90. The van der Waals surface area contributed by atoms with Gasteiger partial charge in [-0.25, -0.2) is 8.42 Å². The zero-order valence-corrected chi connectivity index (χ0v) is 15.7. The number of sulfonamides is 1. The van der Waals surface area contributed by atoms with Gasteiger partial charge in [-0.2, -0.15) is 4.31 Å². The number of hydrogen-bond acceptors (Lipinski definition) is 4. The number of carbonyl (C=O) groups is 1. The maximum Gasteiger partial charge on any atom is 0.243 e. The molecule has 1 amide bonds. The first kappa shape index (κ1) is 18.8. The van der Waals surface area contributed by atoms with Crippen molar-refractivity contribution in [3.05, 3.63) is 42.5 Å². The summed E-state index contributed by atoms with van der Waals surface area (Å²) >= 11 is 0. The molecule has 140 valence electrons. The van der Waals surface area contributed by atoms with Gasteiger partial charge in [0.15, 0.2) is 0 Å². The van der Waals surface area contributed by atoms with Gasteiger partial charge in [0, 0.05) is 19.7 Å². The van der Waals surface area contributed by atoms with E-state index in [9.17, 15) is 13.2 Å². The molecular formula is C19H24N2O4S. The van der Waals surface area contributed by atoms with Gasteiger partial charge in [0.2, 0.25) is 15.9 Å². The van der Waals surface area contributed by atoms with Gasteiger partial charge in [0.25, 0.3) is 0 Å². The number of likely N-dealkylation sites (N-methyl/N-ethyl adjacent to an activating group) is 1. The third-order valence-electron chi connectivity index (χ3n) is 4.58. The van der Waals surface area contributed by atoms with E-state index < -0.39 is 10.0 Å². The molecule has 1 fully saturated rings. The summed E-state index contributed by atoms with van der Waals surface area (Å²) in [6, 6.07) is 12.6. The first-order valence-corrected chi connectivity index (χ1v) is 10.3. The highest BCUT2D eigenvalue weighted by Crippen LogP contribution is 2.21. The molecule has 0 aromatic heterocycles. The molecular weight excluding hydrogens is 352 g/mol. The molecule has 0 unspecified atom stereocenters. The van der Waals surface area contributed by atoms with Crippen LogP contribution in [0.15, 0.2) is 47.4 Å². The van der Waals surface area contributed by atoms with Gasteiger partial charge in [0.05, 0.1) is 17.5 Å². The molecule has 6 nitrogen and oxygen atoms in total. The van der Waals surface area contributed by atoms with Crippen LogP contribution >= 0.6 is 0 Å². The number of nitrogens with zero attached hydrogens (tertiary/aromatic N) is 1. The lowest BCUT2D eigenvalue weighted by molar-refractivity contribution is -0.121. The maximum absolute atomic E-state index is 12.9. The van der Waals surface area contributed by atoms with Crippen molar-refractivity contribution in [2.75, 3.05) is 26.2 Å². The number of nitrogens with one attached hydrogen (secondary N) is 1. The second kappa shape index (κ2) is 8.16. The number of ether oxygens (including phenoxy) is 1. The van der Waals surface area contributed by atoms with Crippen LogP contribution in [0.2, 0.25) is 0 Å². The van der Waals surface area contributed by atoms with Crippen molar-refractivity contribution in [1.29, 1.82) is 0 Å². The average molecular weight is 376 g/mol. The van der Waals surface area contributed by atoms with E-state index in [0.717, 1.165) is 30.2 Å². The Labute approximate surface area is 154 Å². The fourth-order valence-electron chi connectivity index (χ4n) is 3.09. The highest BCUT2D eigenvalue weighted by molar-refractivity contribution is 7.89. The molecule has 1 atom stereocenters. The zero-order valence-electron chi connectivity index (χ0n) is 14.8. The van der Waals surface area contributed by atoms with Gasteiger partial charge in [-0.1, -0.05) is 37.3 Å². The number of hydrogen-bond donors (Lipinski definition) is 1. The van der Waals surface area contributed by atoms with Gasteiger partial charge >= 0.3 is 0 Å². The van der Waals surface area contributed by atoms with E-state index in [0.29, 0.717) is 6.54 Å². The molecule has 1 aliphatic rings. The molecule has 0 bridgehead atoms. The van der Waals surface area contributed by atoms with E-state index in [-0.39, 0.29) is 30.0 Å².